The Bertz CT molecular complexity index is 563. The maximum atomic E-state index is 5.96. The van der Waals surface area contributed by atoms with Gasteiger partial charge in [0.15, 0.2) is 5.82 Å². The minimum atomic E-state index is 0.533. The average Bonchev–Trinajstić information content (AvgIpc) is 2.70. The molecule has 2 N–H and O–H groups in total. The molecule has 5 heteroatoms. The second-order valence-electron chi connectivity index (χ2n) is 4.68. The molecule has 4 nitrogen and oxygen atoms in total. The van der Waals surface area contributed by atoms with Crippen LogP contribution in [0.3, 0.4) is 0 Å². The number of aromatic nitrogens is 2. The van der Waals surface area contributed by atoms with Crippen molar-refractivity contribution in [3.8, 4) is 11.4 Å². The molecule has 0 bridgehead atoms. The fraction of sp³-hybridized carbons (Fsp3) is 0.385. The van der Waals surface area contributed by atoms with Crippen LogP contribution in [0.1, 0.15) is 25.3 Å². The van der Waals surface area contributed by atoms with E-state index in [4.69, 9.17) is 10.2 Å². The third kappa shape index (κ3) is 2.66. The number of rotatable bonds is 3. The molecule has 0 spiro atoms. The average molecular weight is 357 g/mol. The second kappa shape index (κ2) is 5.26. The number of nitrogen functional groups attached to an aromatic ring is 1. The summed E-state index contributed by atoms with van der Waals surface area (Å²) in [6.45, 7) is 6.23. The predicted octanol–water partition coefficient (Wildman–Crippen LogP) is 3.43. The quantitative estimate of drug-likeness (QED) is 0.855. The van der Waals surface area contributed by atoms with Crippen LogP contribution in [0.25, 0.3) is 11.4 Å². The van der Waals surface area contributed by atoms with E-state index in [9.17, 15) is 0 Å². The highest BCUT2D eigenvalue weighted by molar-refractivity contribution is 14.1. The van der Waals surface area contributed by atoms with Gasteiger partial charge in [-0.15, -0.1) is 0 Å². The topological polar surface area (TPSA) is 64.9 Å². The SMILES string of the molecule is Cc1occc1-c1nc(N)c(I)c(CC(C)C)n1. The van der Waals surface area contributed by atoms with Gasteiger partial charge in [0.05, 0.1) is 21.1 Å². The summed E-state index contributed by atoms with van der Waals surface area (Å²) in [7, 11) is 0. The third-order valence-corrected chi connectivity index (χ3v) is 3.82. The second-order valence-corrected chi connectivity index (χ2v) is 5.76. The molecule has 0 aliphatic carbocycles. The monoisotopic (exact) mass is 357 g/mol. The van der Waals surface area contributed by atoms with E-state index in [-0.39, 0.29) is 0 Å². The van der Waals surface area contributed by atoms with Gasteiger partial charge < -0.3 is 10.2 Å². The van der Waals surface area contributed by atoms with Gasteiger partial charge in [-0.1, -0.05) is 13.8 Å². The highest BCUT2D eigenvalue weighted by Crippen LogP contribution is 2.26. The maximum absolute atomic E-state index is 5.96. The van der Waals surface area contributed by atoms with Crippen LogP contribution in [0.2, 0.25) is 0 Å². The zero-order valence-electron chi connectivity index (χ0n) is 10.7. The van der Waals surface area contributed by atoms with Crippen LogP contribution < -0.4 is 5.73 Å². The molecule has 0 saturated carbocycles. The summed E-state index contributed by atoms with van der Waals surface area (Å²) >= 11 is 2.21. The van der Waals surface area contributed by atoms with Crippen molar-refractivity contribution in [1.82, 2.24) is 9.97 Å². The van der Waals surface area contributed by atoms with Gasteiger partial charge in [0.25, 0.3) is 0 Å². The summed E-state index contributed by atoms with van der Waals surface area (Å²) in [6.07, 6.45) is 2.54. The van der Waals surface area contributed by atoms with Crippen LogP contribution in [-0.2, 0) is 6.42 Å². The molecule has 0 atom stereocenters. The highest BCUT2D eigenvalue weighted by Gasteiger charge is 2.14. The Morgan fingerprint density at radius 3 is 2.67 bits per heavy atom. The van der Waals surface area contributed by atoms with Gasteiger partial charge in [-0.2, -0.15) is 0 Å². The zero-order chi connectivity index (χ0) is 13.3. The van der Waals surface area contributed by atoms with Crippen molar-refractivity contribution < 1.29 is 4.42 Å². The molecule has 0 radical (unpaired) electrons. The Labute approximate surface area is 120 Å². The fourth-order valence-corrected chi connectivity index (χ4v) is 2.23. The van der Waals surface area contributed by atoms with E-state index in [0.29, 0.717) is 17.6 Å². The van der Waals surface area contributed by atoms with E-state index < -0.39 is 0 Å². The minimum Gasteiger partial charge on any atom is -0.469 e. The number of halogens is 1. The summed E-state index contributed by atoms with van der Waals surface area (Å²) < 4.78 is 6.24. The Hall–Kier alpha value is -1.11. The van der Waals surface area contributed by atoms with Crippen molar-refractivity contribution in [2.45, 2.75) is 27.2 Å². The number of nitrogens with zero attached hydrogens (tertiary/aromatic N) is 2. The van der Waals surface area contributed by atoms with Crippen molar-refractivity contribution in [3.63, 3.8) is 0 Å². The number of aryl methyl sites for hydroxylation is 1. The lowest BCUT2D eigenvalue weighted by Gasteiger charge is -2.10. The van der Waals surface area contributed by atoms with Crippen molar-refractivity contribution in [2.75, 3.05) is 5.73 Å². The smallest absolute Gasteiger partial charge is 0.165 e. The first-order valence-electron chi connectivity index (χ1n) is 5.85. The van der Waals surface area contributed by atoms with Gasteiger partial charge in [-0.05, 0) is 47.9 Å². The summed E-state index contributed by atoms with van der Waals surface area (Å²) in [6, 6.07) is 1.87. The highest BCUT2D eigenvalue weighted by atomic mass is 127. The number of anilines is 1. The first-order chi connectivity index (χ1) is 8.49. The largest absolute Gasteiger partial charge is 0.469 e. The Kier molecular flexibility index (Phi) is 3.89. The lowest BCUT2D eigenvalue weighted by molar-refractivity contribution is 0.535. The van der Waals surface area contributed by atoms with Gasteiger partial charge in [0, 0.05) is 0 Å². The standard InChI is InChI=1S/C13H16IN3O/c1-7(2)6-10-11(14)12(15)17-13(16-10)9-4-5-18-8(9)3/h4-5,7H,6H2,1-3H3,(H2,15,16,17). The molecule has 2 heterocycles. The predicted molar refractivity (Wildman–Crippen MR) is 80.1 cm³/mol. The fourth-order valence-electron chi connectivity index (χ4n) is 1.77. The van der Waals surface area contributed by atoms with Crippen molar-refractivity contribution >= 4 is 28.4 Å². The molecule has 0 fully saturated rings. The summed E-state index contributed by atoms with van der Waals surface area (Å²) in [5, 5.41) is 0. The number of hydrogen-bond donors (Lipinski definition) is 1. The molecule has 2 aromatic rings. The molecule has 18 heavy (non-hydrogen) atoms. The molecule has 2 aromatic heterocycles. The molecule has 0 aliphatic heterocycles. The van der Waals surface area contributed by atoms with Crippen molar-refractivity contribution in [1.29, 1.82) is 0 Å². The molecule has 2 rings (SSSR count). The molecule has 0 unspecified atom stereocenters. The summed E-state index contributed by atoms with van der Waals surface area (Å²) in [5.74, 6) is 2.53. The van der Waals surface area contributed by atoms with Gasteiger partial charge in [-0.25, -0.2) is 9.97 Å². The lowest BCUT2D eigenvalue weighted by Crippen LogP contribution is -2.07. The van der Waals surface area contributed by atoms with E-state index in [1.807, 2.05) is 13.0 Å². The van der Waals surface area contributed by atoms with Gasteiger partial charge in [0.2, 0.25) is 0 Å². The van der Waals surface area contributed by atoms with E-state index in [2.05, 4.69) is 46.4 Å². The van der Waals surface area contributed by atoms with Crippen LogP contribution in [-0.4, -0.2) is 9.97 Å². The minimum absolute atomic E-state index is 0.533. The van der Waals surface area contributed by atoms with Crippen LogP contribution in [0.5, 0.6) is 0 Å². The molecular formula is C13H16IN3O. The van der Waals surface area contributed by atoms with Crippen LogP contribution in [0.15, 0.2) is 16.7 Å². The molecule has 0 saturated heterocycles. The van der Waals surface area contributed by atoms with Gasteiger partial charge >= 0.3 is 0 Å². The maximum Gasteiger partial charge on any atom is 0.165 e. The lowest BCUT2D eigenvalue weighted by atomic mass is 10.1. The molecule has 96 valence electrons. The van der Waals surface area contributed by atoms with Gasteiger partial charge in [-0.3, -0.25) is 0 Å². The van der Waals surface area contributed by atoms with Crippen LogP contribution in [0, 0.1) is 16.4 Å². The molecular weight excluding hydrogens is 341 g/mol. The summed E-state index contributed by atoms with van der Waals surface area (Å²) in [4.78, 5) is 8.96. The van der Waals surface area contributed by atoms with E-state index in [0.717, 1.165) is 27.0 Å². The summed E-state index contributed by atoms with van der Waals surface area (Å²) in [5.41, 5.74) is 7.88. The number of furan rings is 1. The Morgan fingerprint density at radius 1 is 1.39 bits per heavy atom. The first kappa shape index (κ1) is 13.3. The molecule has 0 aromatic carbocycles. The third-order valence-electron chi connectivity index (χ3n) is 2.65. The normalized spacial score (nSPS) is 11.2. The molecule has 0 aliphatic rings. The first-order valence-corrected chi connectivity index (χ1v) is 6.93. The number of hydrogen-bond acceptors (Lipinski definition) is 4. The van der Waals surface area contributed by atoms with E-state index >= 15 is 0 Å². The van der Waals surface area contributed by atoms with E-state index in [1.165, 1.54) is 0 Å². The Morgan fingerprint density at radius 2 is 2.11 bits per heavy atom. The van der Waals surface area contributed by atoms with Gasteiger partial charge in [0.1, 0.15) is 11.6 Å². The number of nitrogens with two attached hydrogens (primary N) is 1. The van der Waals surface area contributed by atoms with Crippen LogP contribution in [0.4, 0.5) is 5.82 Å². The van der Waals surface area contributed by atoms with Crippen LogP contribution >= 0.6 is 22.6 Å². The Balaban J connectivity index is 2.51. The van der Waals surface area contributed by atoms with Crippen molar-refractivity contribution in [3.05, 3.63) is 27.4 Å². The van der Waals surface area contributed by atoms with Crippen molar-refractivity contribution in [2.24, 2.45) is 5.92 Å². The molecule has 0 amide bonds. The zero-order valence-corrected chi connectivity index (χ0v) is 12.9. The van der Waals surface area contributed by atoms with E-state index in [1.54, 1.807) is 6.26 Å².